The monoisotopic (exact) mass is 519 g/mol. The van der Waals surface area contributed by atoms with Crippen molar-refractivity contribution in [1.82, 2.24) is 14.5 Å². The Kier molecular flexibility index (Phi) is 9.98. The summed E-state index contributed by atoms with van der Waals surface area (Å²) < 4.78 is 45.3. The van der Waals surface area contributed by atoms with Gasteiger partial charge in [0.05, 0.1) is 11.5 Å². The number of halogens is 1. The number of aryl methyl sites for hydroxylation is 1. The van der Waals surface area contributed by atoms with Crippen molar-refractivity contribution in [3.63, 3.8) is 0 Å². The van der Waals surface area contributed by atoms with E-state index >= 15 is 0 Å². The second-order valence-electron chi connectivity index (χ2n) is 8.86. The summed E-state index contributed by atoms with van der Waals surface area (Å²) in [6.07, 6.45) is 2.27. The molecule has 0 aliphatic carbocycles. The Morgan fingerprint density at radius 1 is 1.06 bits per heavy atom. The number of methoxy groups -OCH3 is 1. The first kappa shape index (κ1) is 27.8. The Bertz CT molecular complexity index is 1120. The number of sulfonamides is 1. The summed E-state index contributed by atoms with van der Waals surface area (Å²) in [5, 5.41) is 2.75. The number of carbonyl (C=O) groups is 2. The summed E-state index contributed by atoms with van der Waals surface area (Å²) in [7, 11) is -1.95. The van der Waals surface area contributed by atoms with Crippen LogP contribution in [0.3, 0.4) is 0 Å². The summed E-state index contributed by atoms with van der Waals surface area (Å²) in [5.41, 5.74) is 1.53. The fraction of sp³-hybridized carbons (Fsp3) is 0.462. The van der Waals surface area contributed by atoms with E-state index in [0.717, 1.165) is 18.4 Å². The molecule has 1 heterocycles. The fourth-order valence-corrected chi connectivity index (χ4v) is 5.61. The molecule has 1 N–H and O–H groups in total. The van der Waals surface area contributed by atoms with Crippen LogP contribution in [0.2, 0.25) is 0 Å². The van der Waals surface area contributed by atoms with Gasteiger partial charge in [-0.3, -0.25) is 9.59 Å². The third-order valence-corrected chi connectivity index (χ3v) is 8.21. The fourth-order valence-electron chi connectivity index (χ4n) is 4.09. The molecule has 2 aromatic rings. The molecule has 1 aliphatic heterocycles. The predicted octanol–water partition coefficient (Wildman–Crippen LogP) is 2.72. The molecule has 2 amide bonds. The van der Waals surface area contributed by atoms with E-state index in [0.29, 0.717) is 38.2 Å². The van der Waals surface area contributed by atoms with E-state index in [4.69, 9.17) is 4.74 Å². The van der Waals surface area contributed by atoms with Gasteiger partial charge >= 0.3 is 0 Å². The van der Waals surface area contributed by atoms with Crippen LogP contribution in [0.4, 0.5) is 4.39 Å². The van der Waals surface area contributed by atoms with E-state index in [-0.39, 0.29) is 35.5 Å². The van der Waals surface area contributed by atoms with Crippen molar-refractivity contribution in [2.24, 2.45) is 0 Å². The first-order valence-electron chi connectivity index (χ1n) is 12.1. The van der Waals surface area contributed by atoms with E-state index < -0.39 is 16.1 Å². The molecule has 2 aromatic carbocycles. The second kappa shape index (κ2) is 12.9. The minimum atomic E-state index is -3.49. The highest BCUT2D eigenvalue weighted by Crippen LogP contribution is 2.22. The number of amides is 2. The summed E-state index contributed by atoms with van der Waals surface area (Å²) >= 11 is 0. The molecule has 0 aromatic heterocycles. The first-order valence-corrected chi connectivity index (χ1v) is 13.6. The number of benzene rings is 2. The van der Waals surface area contributed by atoms with Crippen LogP contribution in [0.1, 0.15) is 37.3 Å². The van der Waals surface area contributed by atoms with Gasteiger partial charge in [0.25, 0.3) is 0 Å². The van der Waals surface area contributed by atoms with E-state index in [1.54, 1.807) is 43.3 Å². The lowest BCUT2D eigenvalue weighted by Gasteiger charge is -2.29. The Balaban J connectivity index is 1.67. The zero-order valence-corrected chi connectivity index (χ0v) is 21.6. The summed E-state index contributed by atoms with van der Waals surface area (Å²) in [5.74, 6) is -0.918. The van der Waals surface area contributed by atoms with Crippen LogP contribution in [-0.4, -0.2) is 68.8 Å². The normalized spacial score (nSPS) is 15.0. The van der Waals surface area contributed by atoms with Crippen LogP contribution in [0.25, 0.3) is 0 Å². The minimum Gasteiger partial charge on any atom is -0.383 e. The molecule has 1 unspecified atom stereocenters. The van der Waals surface area contributed by atoms with Crippen molar-refractivity contribution in [3.8, 4) is 0 Å². The summed E-state index contributed by atoms with van der Waals surface area (Å²) in [4.78, 5) is 27.6. The zero-order chi connectivity index (χ0) is 26.1. The quantitative estimate of drug-likeness (QED) is 0.435. The Morgan fingerprint density at radius 3 is 2.28 bits per heavy atom. The standard InChI is InChI=1S/C26H34FN3O5S/c1-20(26(32)28-15-18-35-2)30(19-22-5-10-23(27)11-6-22)25(31)14-9-21-7-12-24(13-8-21)36(33,34)29-16-3-4-17-29/h5-8,10-13,20H,3-4,9,14-19H2,1-2H3,(H,28,32). The number of rotatable bonds is 12. The highest BCUT2D eigenvalue weighted by atomic mass is 32.2. The third kappa shape index (κ3) is 7.35. The lowest BCUT2D eigenvalue weighted by Crippen LogP contribution is -2.48. The predicted molar refractivity (Wildman–Crippen MR) is 134 cm³/mol. The molecule has 0 spiro atoms. The maximum absolute atomic E-state index is 13.3. The molecule has 196 valence electrons. The van der Waals surface area contributed by atoms with Gasteiger partial charge in [-0.05, 0) is 61.6 Å². The first-order chi connectivity index (χ1) is 17.2. The van der Waals surface area contributed by atoms with Gasteiger partial charge in [0.2, 0.25) is 21.8 Å². The van der Waals surface area contributed by atoms with Crippen molar-refractivity contribution in [2.45, 2.75) is 50.1 Å². The van der Waals surface area contributed by atoms with E-state index in [1.807, 2.05) is 0 Å². The van der Waals surface area contributed by atoms with Crippen molar-refractivity contribution < 1.29 is 27.1 Å². The molecule has 1 saturated heterocycles. The number of carbonyl (C=O) groups excluding carboxylic acids is 2. The van der Waals surface area contributed by atoms with Gasteiger partial charge in [0, 0.05) is 39.7 Å². The molecule has 36 heavy (non-hydrogen) atoms. The molecule has 0 saturated carbocycles. The van der Waals surface area contributed by atoms with Crippen molar-refractivity contribution >= 4 is 21.8 Å². The molecule has 1 aliphatic rings. The number of nitrogens with one attached hydrogen (secondary N) is 1. The minimum absolute atomic E-state index is 0.134. The lowest BCUT2D eigenvalue weighted by molar-refractivity contribution is -0.140. The average molecular weight is 520 g/mol. The Labute approximate surface area is 212 Å². The van der Waals surface area contributed by atoms with Crippen LogP contribution < -0.4 is 5.32 Å². The van der Waals surface area contributed by atoms with E-state index in [2.05, 4.69) is 5.32 Å². The maximum atomic E-state index is 13.3. The van der Waals surface area contributed by atoms with Gasteiger partial charge in [-0.15, -0.1) is 0 Å². The molecule has 0 bridgehead atoms. The summed E-state index contributed by atoms with van der Waals surface area (Å²) in [6.45, 7) is 3.57. The second-order valence-corrected chi connectivity index (χ2v) is 10.8. The molecular weight excluding hydrogens is 485 g/mol. The Morgan fingerprint density at radius 2 is 1.67 bits per heavy atom. The maximum Gasteiger partial charge on any atom is 0.243 e. The highest BCUT2D eigenvalue weighted by molar-refractivity contribution is 7.89. The molecule has 1 atom stereocenters. The van der Waals surface area contributed by atoms with Crippen LogP contribution >= 0.6 is 0 Å². The van der Waals surface area contributed by atoms with Crippen LogP contribution in [0.15, 0.2) is 53.4 Å². The van der Waals surface area contributed by atoms with Gasteiger partial charge in [-0.2, -0.15) is 4.31 Å². The molecule has 10 heteroatoms. The van der Waals surface area contributed by atoms with Gasteiger partial charge in [-0.1, -0.05) is 24.3 Å². The largest absolute Gasteiger partial charge is 0.383 e. The van der Waals surface area contributed by atoms with E-state index in [9.17, 15) is 22.4 Å². The highest BCUT2D eigenvalue weighted by Gasteiger charge is 2.28. The van der Waals surface area contributed by atoms with Gasteiger partial charge in [0.15, 0.2) is 0 Å². The van der Waals surface area contributed by atoms with Crippen LogP contribution in [-0.2, 0) is 37.3 Å². The van der Waals surface area contributed by atoms with Crippen molar-refractivity contribution in [2.75, 3.05) is 33.4 Å². The van der Waals surface area contributed by atoms with Crippen LogP contribution in [0, 0.1) is 5.82 Å². The van der Waals surface area contributed by atoms with Gasteiger partial charge in [0.1, 0.15) is 11.9 Å². The number of ether oxygens (including phenoxy) is 1. The topological polar surface area (TPSA) is 96.0 Å². The lowest BCUT2D eigenvalue weighted by atomic mass is 10.1. The molecular formula is C26H34FN3O5S. The third-order valence-electron chi connectivity index (χ3n) is 6.29. The zero-order valence-electron chi connectivity index (χ0n) is 20.8. The molecule has 0 radical (unpaired) electrons. The Hall–Kier alpha value is -2.82. The summed E-state index contributed by atoms with van der Waals surface area (Å²) in [6, 6.07) is 11.7. The number of hydrogen-bond acceptors (Lipinski definition) is 5. The van der Waals surface area contributed by atoms with Crippen molar-refractivity contribution in [3.05, 3.63) is 65.5 Å². The van der Waals surface area contributed by atoms with Crippen LogP contribution in [0.5, 0.6) is 0 Å². The van der Waals surface area contributed by atoms with Gasteiger partial charge < -0.3 is 15.0 Å². The average Bonchev–Trinajstić information content (AvgIpc) is 3.43. The molecule has 8 nitrogen and oxygen atoms in total. The number of nitrogens with zero attached hydrogens (tertiary/aromatic N) is 2. The molecule has 1 fully saturated rings. The van der Waals surface area contributed by atoms with E-state index in [1.165, 1.54) is 28.4 Å². The molecule has 3 rings (SSSR count). The number of hydrogen-bond donors (Lipinski definition) is 1. The SMILES string of the molecule is COCCNC(=O)C(C)N(Cc1ccc(F)cc1)C(=O)CCc1ccc(S(=O)(=O)N2CCCC2)cc1. The smallest absolute Gasteiger partial charge is 0.243 e. The van der Waals surface area contributed by atoms with Gasteiger partial charge in [-0.25, -0.2) is 12.8 Å². The van der Waals surface area contributed by atoms with Crippen molar-refractivity contribution in [1.29, 1.82) is 0 Å².